The zero-order valence-corrected chi connectivity index (χ0v) is 15.3. The lowest BCUT2D eigenvalue weighted by atomic mass is 10.2. The first-order valence-corrected chi connectivity index (χ1v) is 9.13. The number of piperazine rings is 1. The maximum atomic E-state index is 13.0. The molecule has 28 heavy (non-hydrogen) atoms. The van der Waals surface area contributed by atoms with Crippen LogP contribution in [0.15, 0.2) is 67.0 Å². The molecule has 7 heteroatoms. The Labute approximate surface area is 162 Å². The minimum Gasteiger partial charge on any atom is -0.368 e. The van der Waals surface area contributed by atoms with Crippen molar-refractivity contribution in [1.29, 1.82) is 0 Å². The Balaban J connectivity index is 1.41. The van der Waals surface area contributed by atoms with Gasteiger partial charge in [-0.3, -0.25) is 9.78 Å². The van der Waals surface area contributed by atoms with Crippen LogP contribution in [0.4, 0.5) is 21.6 Å². The van der Waals surface area contributed by atoms with Crippen LogP contribution in [-0.2, 0) is 0 Å². The molecule has 1 aromatic carbocycles. The van der Waals surface area contributed by atoms with E-state index in [1.165, 1.54) is 24.3 Å². The highest BCUT2D eigenvalue weighted by Crippen LogP contribution is 2.20. The Kier molecular flexibility index (Phi) is 5.14. The molecule has 6 nitrogen and oxygen atoms in total. The smallest absolute Gasteiger partial charge is 0.274 e. The summed E-state index contributed by atoms with van der Waals surface area (Å²) in [6.45, 7) is 3.38. The largest absolute Gasteiger partial charge is 0.368 e. The first-order chi connectivity index (χ1) is 13.7. The van der Waals surface area contributed by atoms with Crippen molar-refractivity contribution in [1.82, 2.24) is 9.97 Å². The van der Waals surface area contributed by atoms with Gasteiger partial charge in [0.25, 0.3) is 5.91 Å². The molecule has 0 bridgehead atoms. The summed E-state index contributed by atoms with van der Waals surface area (Å²) >= 11 is 0. The van der Waals surface area contributed by atoms with Gasteiger partial charge in [-0.1, -0.05) is 6.07 Å². The fraction of sp³-hybridized carbons (Fsp3) is 0.190. The van der Waals surface area contributed by atoms with E-state index in [4.69, 9.17) is 0 Å². The van der Waals surface area contributed by atoms with Gasteiger partial charge in [-0.2, -0.15) is 0 Å². The van der Waals surface area contributed by atoms with Crippen LogP contribution in [0.5, 0.6) is 0 Å². The molecule has 1 fully saturated rings. The second-order valence-corrected chi connectivity index (χ2v) is 6.52. The number of amides is 1. The number of hydrogen-bond donors (Lipinski definition) is 1. The molecule has 1 amide bonds. The molecule has 2 aromatic heterocycles. The number of rotatable bonds is 4. The Hall–Kier alpha value is -3.48. The fourth-order valence-corrected chi connectivity index (χ4v) is 3.20. The molecular weight excluding hydrogens is 357 g/mol. The molecule has 0 radical (unpaired) electrons. The maximum Gasteiger partial charge on any atom is 0.274 e. The molecule has 3 aromatic rings. The van der Waals surface area contributed by atoms with Crippen LogP contribution >= 0.6 is 0 Å². The van der Waals surface area contributed by atoms with E-state index in [1.54, 1.807) is 18.5 Å². The van der Waals surface area contributed by atoms with E-state index in [1.807, 2.05) is 24.3 Å². The monoisotopic (exact) mass is 377 g/mol. The molecule has 4 rings (SSSR count). The van der Waals surface area contributed by atoms with Crippen molar-refractivity contribution in [3.8, 4) is 0 Å². The van der Waals surface area contributed by atoms with Crippen molar-refractivity contribution in [2.45, 2.75) is 0 Å². The lowest BCUT2D eigenvalue weighted by Gasteiger charge is -2.36. The first-order valence-electron chi connectivity index (χ1n) is 9.13. The van der Waals surface area contributed by atoms with Gasteiger partial charge in [0, 0.05) is 49.9 Å². The van der Waals surface area contributed by atoms with Crippen LogP contribution in [0.25, 0.3) is 0 Å². The van der Waals surface area contributed by atoms with Gasteiger partial charge in [-0.15, -0.1) is 0 Å². The number of carbonyl (C=O) groups is 1. The molecule has 0 saturated carbocycles. The predicted molar refractivity (Wildman–Crippen MR) is 107 cm³/mol. The fourth-order valence-electron chi connectivity index (χ4n) is 3.20. The Bertz CT molecular complexity index is 941. The van der Waals surface area contributed by atoms with Gasteiger partial charge < -0.3 is 15.1 Å². The van der Waals surface area contributed by atoms with Gasteiger partial charge in [0.15, 0.2) is 0 Å². The van der Waals surface area contributed by atoms with Gasteiger partial charge in [0.1, 0.15) is 17.3 Å². The highest BCUT2D eigenvalue weighted by Gasteiger charge is 2.19. The van der Waals surface area contributed by atoms with Gasteiger partial charge >= 0.3 is 0 Å². The third-order valence-electron chi connectivity index (χ3n) is 4.70. The minimum absolute atomic E-state index is 0.319. The molecular formula is C21H20FN5O. The third kappa shape index (κ3) is 4.09. The summed E-state index contributed by atoms with van der Waals surface area (Å²) in [5.41, 5.74) is 1.82. The van der Waals surface area contributed by atoms with E-state index in [2.05, 4.69) is 25.1 Å². The van der Waals surface area contributed by atoms with Gasteiger partial charge in [-0.25, -0.2) is 9.37 Å². The number of carbonyl (C=O) groups excluding carboxylic acids is 1. The van der Waals surface area contributed by atoms with Gasteiger partial charge in [0.05, 0.1) is 0 Å². The minimum atomic E-state index is -0.344. The van der Waals surface area contributed by atoms with Crippen molar-refractivity contribution in [3.63, 3.8) is 0 Å². The normalized spacial score (nSPS) is 14.0. The van der Waals surface area contributed by atoms with E-state index in [0.717, 1.165) is 37.7 Å². The maximum absolute atomic E-state index is 13.0. The lowest BCUT2D eigenvalue weighted by Crippen LogP contribution is -2.46. The van der Waals surface area contributed by atoms with Crippen molar-refractivity contribution >= 4 is 23.1 Å². The van der Waals surface area contributed by atoms with Gasteiger partial charge in [0.2, 0.25) is 0 Å². The average Bonchev–Trinajstić information content (AvgIpc) is 2.76. The van der Waals surface area contributed by atoms with Crippen molar-refractivity contribution < 1.29 is 9.18 Å². The summed E-state index contributed by atoms with van der Waals surface area (Å²) in [5.74, 6) is 0.319. The number of aromatic nitrogens is 2. The molecule has 1 aliphatic heterocycles. The zero-order valence-electron chi connectivity index (χ0n) is 15.3. The average molecular weight is 377 g/mol. The van der Waals surface area contributed by atoms with Crippen LogP contribution in [-0.4, -0.2) is 42.1 Å². The number of nitrogens with zero attached hydrogens (tertiary/aromatic N) is 4. The van der Waals surface area contributed by atoms with Crippen LogP contribution in [0.1, 0.15) is 10.5 Å². The first kappa shape index (κ1) is 17.9. The van der Waals surface area contributed by atoms with Crippen LogP contribution < -0.4 is 15.1 Å². The molecule has 0 spiro atoms. The van der Waals surface area contributed by atoms with Crippen LogP contribution in [0.2, 0.25) is 0 Å². The summed E-state index contributed by atoms with van der Waals surface area (Å²) < 4.78 is 13.0. The predicted octanol–water partition coefficient (Wildman–Crippen LogP) is 3.19. The Morgan fingerprint density at radius 3 is 2.36 bits per heavy atom. The highest BCUT2D eigenvalue weighted by molar-refractivity contribution is 6.03. The Morgan fingerprint density at radius 1 is 0.893 bits per heavy atom. The third-order valence-corrected chi connectivity index (χ3v) is 4.70. The van der Waals surface area contributed by atoms with Crippen LogP contribution in [0.3, 0.4) is 0 Å². The summed E-state index contributed by atoms with van der Waals surface area (Å²) in [6.07, 6.45) is 3.44. The van der Waals surface area contributed by atoms with E-state index < -0.39 is 0 Å². The Morgan fingerprint density at radius 2 is 1.64 bits per heavy atom. The van der Waals surface area contributed by atoms with Crippen LogP contribution in [0, 0.1) is 5.82 Å². The SMILES string of the molecule is O=C(Nc1ccc(F)cc1)c1cc(N2CCN(c3ccccn3)CC2)ccn1. The molecule has 1 aliphatic rings. The number of benzene rings is 1. The second-order valence-electron chi connectivity index (χ2n) is 6.52. The summed E-state index contributed by atoms with van der Waals surface area (Å²) in [7, 11) is 0. The zero-order chi connectivity index (χ0) is 19.3. The summed E-state index contributed by atoms with van der Waals surface area (Å²) in [4.78, 5) is 25.5. The lowest BCUT2D eigenvalue weighted by molar-refractivity contribution is 0.102. The second kappa shape index (κ2) is 8.04. The number of pyridine rings is 2. The standard InChI is InChI=1S/C21H20FN5O/c22-16-4-6-17(7-5-16)25-21(28)19-15-18(8-10-23-19)26-11-13-27(14-12-26)20-3-1-2-9-24-20/h1-10,15H,11-14H2,(H,25,28). The molecule has 1 N–H and O–H groups in total. The molecule has 3 heterocycles. The summed E-state index contributed by atoms with van der Waals surface area (Å²) in [5, 5.41) is 2.74. The number of hydrogen-bond acceptors (Lipinski definition) is 5. The van der Waals surface area contributed by atoms with Crippen molar-refractivity contribution in [3.05, 3.63) is 78.5 Å². The van der Waals surface area contributed by atoms with E-state index >= 15 is 0 Å². The van der Waals surface area contributed by atoms with Gasteiger partial charge in [-0.05, 0) is 48.5 Å². The van der Waals surface area contributed by atoms with Crippen molar-refractivity contribution in [2.24, 2.45) is 0 Å². The number of nitrogens with one attached hydrogen (secondary N) is 1. The number of halogens is 1. The summed E-state index contributed by atoms with van der Waals surface area (Å²) in [6, 6.07) is 15.3. The molecule has 0 aliphatic carbocycles. The number of anilines is 3. The molecule has 142 valence electrons. The topological polar surface area (TPSA) is 61.4 Å². The van der Waals surface area contributed by atoms with E-state index in [-0.39, 0.29) is 11.7 Å². The van der Waals surface area contributed by atoms with Crippen molar-refractivity contribution in [2.75, 3.05) is 41.3 Å². The highest BCUT2D eigenvalue weighted by atomic mass is 19.1. The molecule has 0 unspecified atom stereocenters. The molecule has 1 saturated heterocycles. The van der Waals surface area contributed by atoms with E-state index in [9.17, 15) is 9.18 Å². The molecule has 0 atom stereocenters. The van der Waals surface area contributed by atoms with E-state index in [0.29, 0.717) is 11.4 Å². The quantitative estimate of drug-likeness (QED) is 0.757.